The third-order valence-corrected chi connectivity index (χ3v) is 6.68. The number of hydrogen-bond donors (Lipinski definition) is 0. The van der Waals surface area contributed by atoms with Gasteiger partial charge < -0.3 is 9.47 Å². The van der Waals surface area contributed by atoms with E-state index in [0.717, 1.165) is 5.56 Å². The van der Waals surface area contributed by atoms with E-state index in [1.54, 1.807) is 19.2 Å². The second-order valence-corrected chi connectivity index (χ2v) is 7.96. The van der Waals surface area contributed by atoms with Crippen LogP contribution < -0.4 is 9.47 Å². The average Bonchev–Trinajstić information content (AvgIpc) is 3.10. The minimum atomic E-state index is -0.374. The maximum absolute atomic E-state index is 12.2. The Balaban J connectivity index is 1.79. The first kappa shape index (κ1) is 16.3. The van der Waals surface area contributed by atoms with E-state index in [4.69, 9.17) is 9.47 Å². The Morgan fingerprint density at radius 1 is 1.04 bits per heavy atom. The van der Waals surface area contributed by atoms with E-state index in [9.17, 15) is 4.79 Å². The van der Waals surface area contributed by atoms with Crippen LogP contribution >= 0.6 is 23.5 Å². The number of hydrogen-bond acceptors (Lipinski definition) is 5. The number of carbonyl (C=O) groups excluding carboxylic acids is 1. The molecule has 1 fully saturated rings. The molecule has 1 heterocycles. The van der Waals surface area contributed by atoms with Crippen LogP contribution in [0.15, 0.2) is 42.5 Å². The van der Waals surface area contributed by atoms with Crippen LogP contribution in [-0.2, 0) is 0 Å². The fourth-order valence-electron chi connectivity index (χ4n) is 2.31. The molecule has 1 aliphatic heterocycles. The van der Waals surface area contributed by atoms with E-state index < -0.39 is 0 Å². The van der Waals surface area contributed by atoms with Crippen molar-refractivity contribution >= 4 is 29.5 Å². The molecule has 0 saturated carbocycles. The lowest BCUT2D eigenvalue weighted by Gasteiger charge is -2.13. The molecule has 3 nitrogen and oxygen atoms in total. The third-order valence-electron chi connectivity index (χ3n) is 3.57. The molecule has 0 atom stereocenters. The van der Waals surface area contributed by atoms with Crippen molar-refractivity contribution in [2.24, 2.45) is 0 Å². The minimum Gasteiger partial charge on any atom is -0.493 e. The van der Waals surface area contributed by atoms with Crippen molar-refractivity contribution in [3.63, 3.8) is 0 Å². The van der Waals surface area contributed by atoms with Crippen molar-refractivity contribution in [1.82, 2.24) is 0 Å². The lowest BCUT2D eigenvalue weighted by Crippen LogP contribution is -2.09. The van der Waals surface area contributed by atoms with E-state index in [0.29, 0.717) is 21.6 Å². The van der Waals surface area contributed by atoms with Gasteiger partial charge >= 0.3 is 5.97 Å². The number of esters is 1. The molecule has 0 radical (unpaired) electrons. The Kier molecular flexibility index (Phi) is 5.18. The summed E-state index contributed by atoms with van der Waals surface area (Å²) >= 11 is 3.86. The molecule has 0 spiro atoms. The van der Waals surface area contributed by atoms with Gasteiger partial charge in [0.1, 0.15) is 0 Å². The summed E-state index contributed by atoms with van der Waals surface area (Å²) in [5.74, 6) is 3.01. The van der Waals surface area contributed by atoms with Gasteiger partial charge in [-0.1, -0.05) is 23.8 Å². The summed E-state index contributed by atoms with van der Waals surface area (Å²) in [6.07, 6.45) is 0. The van der Waals surface area contributed by atoms with E-state index in [1.165, 1.54) is 17.1 Å². The zero-order valence-corrected chi connectivity index (χ0v) is 14.7. The molecule has 5 heteroatoms. The maximum atomic E-state index is 12.2. The van der Waals surface area contributed by atoms with Crippen LogP contribution in [0.2, 0.25) is 0 Å². The van der Waals surface area contributed by atoms with Crippen molar-refractivity contribution in [2.75, 3.05) is 18.6 Å². The molecule has 1 aliphatic rings. The number of rotatable bonds is 4. The number of carbonyl (C=O) groups is 1. The Morgan fingerprint density at radius 3 is 2.39 bits per heavy atom. The summed E-state index contributed by atoms with van der Waals surface area (Å²) in [6.45, 7) is 1.98. The molecule has 3 rings (SSSR count). The lowest BCUT2D eigenvalue weighted by molar-refractivity contribution is 0.0729. The highest BCUT2D eigenvalue weighted by Crippen LogP contribution is 2.46. The second kappa shape index (κ2) is 7.32. The van der Waals surface area contributed by atoms with Crippen molar-refractivity contribution in [3.8, 4) is 11.5 Å². The van der Waals surface area contributed by atoms with Gasteiger partial charge in [0.15, 0.2) is 11.5 Å². The van der Waals surface area contributed by atoms with Crippen LogP contribution in [0.4, 0.5) is 0 Å². The van der Waals surface area contributed by atoms with Crippen LogP contribution in [0.1, 0.15) is 26.1 Å². The number of benzene rings is 2. The largest absolute Gasteiger partial charge is 0.493 e. The summed E-state index contributed by atoms with van der Waals surface area (Å²) in [7, 11) is 1.59. The average molecular weight is 346 g/mol. The van der Waals surface area contributed by atoms with Gasteiger partial charge in [-0.3, -0.25) is 0 Å². The molecule has 0 aliphatic carbocycles. The predicted octanol–water partition coefficient (Wildman–Crippen LogP) is 4.70. The van der Waals surface area contributed by atoms with Crippen LogP contribution in [0, 0.1) is 6.92 Å². The fraction of sp³-hybridized carbons (Fsp3) is 0.278. The van der Waals surface area contributed by atoms with E-state index in [2.05, 4.69) is 0 Å². The number of aryl methyl sites for hydroxylation is 1. The van der Waals surface area contributed by atoms with Gasteiger partial charge in [0.2, 0.25) is 0 Å². The SMILES string of the molecule is COc1cc(C2SCCS2)ccc1OC(=O)c1ccc(C)cc1. The number of ether oxygens (including phenoxy) is 2. The van der Waals surface area contributed by atoms with Crippen LogP contribution in [0.5, 0.6) is 11.5 Å². The number of thioether (sulfide) groups is 2. The zero-order valence-electron chi connectivity index (χ0n) is 13.1. The smallest absolute Gasteiger partial charge is 0.343 e. The summed E-state index contributed by atoms with van der Waals surface area (Å²) in [6, 6.07) is 13.1. The molecule has 0 unspecified atom stereocenters. The zero-order chi connectivity index (χ0) is 16.2. The van der Waals surface area contributed by atoms with Gasteiger partial charge in [0, 0.05) is 11.5 Å². The molecule has 2 aromatic carbocycles. The second-order valence-electron chi connectivity index (χ2n) is 5.24. The Labute approximate surface area is 144 Å². The Bertz CT molecular complexity index is 692. The summed E-state index contributed by atoms with van der Waals surface area (Å²) in [5, 5.41) is 0. The molecule has 0 bridgehead atoms. The Morgan fingerprint density at radius 2 is 1.74 bits per heavy atom. The number of methoxy groups -OCH3 is 1. The van der Waals surface area contributed by atoms with Gasteiger partial charge in [-0.05, 0) is 36.8 Å². The normalized spacial score (nSPS) is 14.7. The molecule has 1 saturated heterocycles. The topological polar surface area (TPSA) is 35.5 Å². The third kappa shape index (κ3) is 3.85. The summed E-state index contributed by atoms with van der Waals surface area (Å²) in [5.41, 5.74) is 2.84. The van der Waals surface area contributed by atoms with Gasteiger partial charge in [0.25, 0.3) is 0 Å². The van der Waals surface area contributed by atoms with E-state index >= 15 is 0 Å². The van der Waals surface area contributed by atoms with Gasteiger partial charge in [-0.15, -0.1) is 23.5 Å². The molecule has 0 aromatic heterocycles. The summed E-state index contributed by atoms with van der Waals surface area (Å²) in [4.78, 5) is 12.2. The van der Waals surface area contributed by atoms with E-state index in [-0.39, 0.29) is 5.97 Å². The highest BCUT2D eigenvalue weighted by atomic mass is 32.2. The molecular weight excluding hydrogens is 328 g/mol. The molecular formula is C18H18O3S2. The highest BCUT2D eigenvalue weighted by Gasteiger charge is 2.20. The van der Waals surface area contributed by atoms with Crippen LogP contribution in [0.3, 0.4) is 0 Å². The van der Waals surface area contributed by atoms with Crippen molar-refractivity contribution in [3.05, 3.63) is 59.2 Å². The highest BCUT2D eigenvalue weighted by molar-refractivity contribution is 8.19. The van der Waals surface area contributed by atoms with Gasteiger partial charge in [0.05, 0.1) is 17.3 Å². The van der Waals surface area contributed by atoms with Crippen LogP contribution in [0.25, 0.3) is 0 Å². The first-order valence-corrected chi connectivity index (χ1v) is 9.47. The van der Waals surface area contributed by atoms with Gasteiger partial charge in [-0.2, -0.15) is 0 Å². The molecule has 120 valence electrons. The monoisotopic (exact) mass is 346 g/mol. The quantitative estimate of drug-likeness (QED) is 0.592. The standard InChI is InChI=1S/C18H18O3S2/c1-12-3-5-13(6-4-12)17(19)21-15-8-7-14(11-16(15)20-2)18-22-9-10-23-18/h3-8,11,18H,9-10H2,1-2H3. The first-order valence-electron chi connectivity index (χ1n) is 7.37. The molecule has 23 heavy (non-hydrogen) atoms. The maximum Gasteiger partial charge on any atom is 0.343 e. The Hall–Kier alpha value is -1.59. The van der Waals surface area contributed by atoms with E-state index in [1.807, 2.05) is 60.8 Å². The lowest BCUT2D eigenvalue weighted by atomic mass is 10.1. The van der Waals surface area contributed by atoms with Crippen molar-refractivity contribution in [2.45, 2.75) is 11.5 Å². The van der Waals surface area contributed by atoms with Crippen molar-refractivity contribution < 1.29 is 14.3 Å². The van der Waals surface area contributed by atoms with Crippen molar-refractivity contribution in [1.29, 1.82) is 0 Å². The fourth-order valence-corrected chi connectivity index (χ4v) is 5.15. The predicted molar refractivity (Wildman–Crippen MR) is 96.8 cm³/mol. The molecule has 0 amide bonds. The first-order chi connectivity index (χ1) is 11.2. The molecule has 0 N–H and O–H groups in total. The van der Waals surface area contributed by atoms with Gasteiger partial charge in [-0.25, -0.2) is 4.79 Å². The minimum absolute atomic E-state index is 0.374. The van der Waals surface area contributed by atoms with Crippen LogP contribution in [-0.4, -0.2) is 24.6 Å². The molecule has 2 aromatic rings. The summed E-state index contributed by atoms with van der Waals surface area (Å²) < 4.78 is 11.3.